The maximum absolute atomic E-state index is 13.2. The topological polar surface area (TPSA) is 60.0 Å². The molecule has 0 saturated heterocycles. The molecule has 1 N–H and O–H groups in total. The Bertz CT molecular complexity index is 855. The van der Waals surface area contributed by atoms with E-state index >= 15 is 0 Å². The van der Waals surface area contributed by atoms with Gasteiger partial charge in [0.25, 0.3) is 5.91 Å². The maximum Gasteiger partial charge on any atom is 0.257 e. The van der Waals surface area contributed by atoms with Gasteiger partial charge in [-0.2, -0.15) is 0 Å². The molecule has 1 aliphatic heterocycles. The van der Waals surface area contributed by atoms with Crippen LogP contribution in [0.3, 0.4) is 0 Å². The Hall–Kier alpha value is -2.73. The molecular formula is C25H34N2O4. The Labute approximate surface area is 185 Å². The van der Waals surface area contributed by atoms with Gasteiger partial charge in [0.1, 0.15) is 6.17 Å². The van der Waals surface area contributed by atoms with E-state index in [9.17, 15) is 4.79 Å². The first kappa shape index (κ1) is 22.9. The van der Waals surface area contributed by atoms with Gasteiger partial charge in [-0.05, 0) is 42.7 Å². The van der Waals surface area contributed by atoms with Gasteiger partial charge in [-0.15, -0.1) is 0 Å². The van der Waals surface area contributed by atoms with Crippen molar-refractivity contribution >= 4 is 11.6 Å². The second kappa shape index (κ2) is 11.6. The van der Waals surface area contributed by atoms with Crippen molar-refractivity contribution in [3.05, 3.63) is 53.6 Å². The van der Waals surface area contributed by atoms with Crippen LogP contribution in [-0.2, 0) is 4.74 Å². The lowest BCUT2D eigenvalue weighted by molar-refractivity contribution is 0.0660. The number of carbonyl (C=O) groups is 1. The van der Waals surface area contributed by atoms with Crippen LogP contribution in [0.5, 0.6) is 11.5 Å². The fourth-order valence-electron chi connectivity index (χ4n) is 3.85. The molecule has 0 fully saturated rings. The van der Waals surface area contributed by atoms with Crippen molar-refractivity contribution in [1.29, 1.82) is 0 Å². The van der Waals surface area contributed by atoms with Crippen LogP contribution in [0.25, 0.3) is 0 Å². The van der Waals surface area contributed by atoms with Crippen molar-refractivity contribution in [2.24, 2.45) is 0 Å². The summed E-state index contributed by atoms with van der Waals surface area (Å²) in [5, 5.41) is 3.53. The molecule has 1 amide bonds. The van der Waals surface area contributed by atoms with Crippen LogP contribution in [0.4, 0.5) is 5.69 Å². The van der Waals surface area contributed by atoms with Crippen LogP contribution >= 0.6 is 0 Å². The molecule has 6 nitrogen and oxygen atoms in total. The van der Waals surface area contributed by atoms with Gasteiger partial charge in [0.2, 0.25) is 0 Å². The number of fused-ring (bicyclic) bond motifs is 1. The number of nitrogens with zero attached hydrogens (tertiary/aromatic N) is 1. The van der Waals surface area contributed by atoms with Crippen molar-refractivity contribution in [2.45, 2.75) is 45.2 Å². The standard InChI is InChI=1S/C25H34N2O4/c1-4-5-6-9-17-31-22-14-13-19(18-23(22)30-3)24-26-21-12-8-7-11-20(21)25(28)27(24)15-10-16-29-2/h7-8,11-14,18,24,26H,4-6,9-10,15-17H2,1-3H3. The number of hydrogen-bond acceptors (Lipinski definition) is 5. The molecule has 0 spiro atoms. The third-order valence-corrected chi connectivity index (χ3v) is 5.53. The van der Waals surface area contributed by atoms with Gasteiger partial charge in [0.05, 0.1) is 19.3 Å². The lowest BCUT2D eigenvalue weighted by atomic mass is 10.0. The molecule has 1 heterocycles. The average Bonchev–Trinajstić information content (AvgIpc) is 2.80. The average molecular weight is 427 g/mol. The summed E-state index contributed by atoms with van der Waals surface area (Å²) in [7, 11) is 3.32. The number of methoxy groups -OCH3 is 2. The molecule has 2 aromatic carbocycles. The molecule has 2 aromatic rings. The van der Waals surface area contributed by atoms with Crippen LogP contribution in [-0.4, -0.2) is 44.8 Å². The Kier molecular flexibility index (Phi) is 8.59. The number of unbranched alkanes of at least 4 members (excludes halogenated alkanes) is 3. The molecular weight excluding hydrogens is 392 g/mol. The lowest BCUT2D eigenvalue weighted by Gasteiger charge is -2.38. The third-order valence-electron chi connectivity index (χ3n) is 5.53. The molecule has 3 rings (SSSR count). The number of rotatable bonds is 12. The lowest BCUT2D eigenvalue weighted by Crippen LogP contribution is -2.43. The van der Waals surface area contributed by atoms with Gasteiger partial charge >= 0.3 is 0 Å². The first-order valence-corrected chi connectivity index (χ1v) is 11.2. The Balaban J connectivity index is 1.81. The van der Waals surface area contributed by atoms with Gasteiger partial charge < -0.3 is 24.4 Å². The fraction of sp³-hybridized carbons (Fsp3) is 0.480. The highest BCUT2D eigenvalue weighted by Gasteiger charge is 2.32. The number of amides is 1. The smallest absolute Gasteiger partial charge is 0.257 e. The normalized spacial score (nSPS) is 15.4. The molecule has 31 heavy (non-hydrogen) atoms. The molecule has 1 aliphatic rings. The molecule has 0 bridgehead atoms. The highest BCUT2D eigenvalue weighted by molar-refractivity contribution is 6.01. The monoisotopic (exact) mass is 426 g/mol. The first-order valence-electron chi connectivity index (χ1n) is 11.2. The van der Waals surface area contributed by atoms with Gasteiger partial charge in [-0.25, -0.2) is 0 Å². The van der Waals surface area contributed by atoms with E-state index < -0.39 is 0 Å². The highest BCUT2D eigenvalue weighted by atomic mass is 16.5. The second-order valence-electron chi connectivity index (χ2n) is 7.76. The third kappa shape index (κ3) is 5.70. The van der Waals surface area contributed by atoms with Crippen molar-refractivity contribution in [2.75, 3.05) is 39.3 Å². The predicted octanol–water partition coefficient (Wildman–Crippen LogP) is 5.26. The molecule has 168 valence electrons. The number of benzene rings is 2. The highest BCUT2D eigenvalue weighted by Crippen LogP contribution is 2.37. The summed E-state index contributed by atoms with van der Waals surface area (Å²) in [5.74, 6) is 1.43. The van der Waals surface area contributed by atoms with Crippen LogP contribution in [0.1, 0.15) is 61.1 Å². The molecule has 0 saturated carbocycles. The Morgan fingerprint density at radius 1 is 0.968 bits per heavy atom. The fourth-order valence-corrected chi connectivity index (χ4v) is 3.85. The van der Waals surface area contributed by atoms with Crippen LogP contribution in [0.15, 0.2) is 42.5 Å². The number of para-hydroxylation sites is 1. The zero-order chi connectivity index (χ0) is 22.1. The summed E-state index contributed by atoms with van der Waals surface area (Å²) in [6, 6.07) is 13.5. The second-order valence-corrected chi connectivity index (χ2v) is 7.76. The number of nitrogens with one attached hydrogen (secondary N) is 1. The molecule has 6 heteroatoms. The quantitative estimate of drug-likeness (QED) is 0.469. The van der Waals surface area contributed by atoms with Crippen molar-refractivity contribution in [1.82, 2.24) is 4.90 Å². The minimum Gasteiger partial charge on any atom is -0.493 e. The zero-order valence-corrected chi connectivity index (χ0v) is 18.9. The van der Waals surface area contributed by atoms with E-state index in [-0.39, 0.29) is 12.1 Å². The van der Waals surface area contributed by atoms with Crippen molar-refractivity contribution in [3.8, 4) is 11.5 Å². The molecule has 1 unspecified atom stereocenters. The van der Waals surface area contributed by atoms with Gasteiger partial charge in [-0.3, -0.25) is 4.79 Å². The summed E-state index contributed by atoms with van der Waals surface area (Å²) in [6.45, 7) is 4.07. The first-order chi connectivity index (χ1) is 15.2. The largest absolute Gasteiger partial charge is 0.493 e. The van der Waals surface area contributed by atoms with Crippen LogP contribution in [0.2, 0.25) is 0 Å². The Morgan fingerprint density at radius 3 is 2.58 bits per heavy atom. The molecule has 0 aromatic heterocycles. The van der Waals surface area contributed by atoms with Gasteiger partial charge in [-0.1, -0.05) is 44.4 Å². The summed E-state index contributed by atoms with van der Waals surface area (Å²) in [4.78, 5) is 15.1. The molecule has 0 aliphatic carbocycles. The number of ether oxygens (including phenoxy) is 3. The number of hydrogen-bond donors (Lipinski definition) is 1. The Morgan fingerprint density at radius 2 is 1.81 bits per heavy atom. The minimum absolute atomic E-state index is 0.0191. The number of carbonyl (C=O) groups excluding carboxylic acids is 1. The van der Waals surface area contributed by atoms with E-state index in [0.717, 1.165) is 29.8 Å². The maximum atomic E-state index is 13.2. The van der Waals surface area contributed by atoms with E-state index in [4.69, 9.17) is 14.2 Å². The number of anilines is 1. The van der Waals surface area contributed by atoms with E-state index in [1.165, 1.54) is 19.3 Å². The van der Waals surface area contributed by atoms with E-state index in [0.29, 0.717) is 31.1 Å². The van der Waals surface area contributed by atoms with Crippen molar-refractivity contribution < 1.29 is 19.0 Å². The minimum atomic E-state index is -0.285. The van der Waals surface area contributed by atoms with E-state index in [2.05, 4.69) is 12.2 Å². The van der Waals surface area contributed by atoms with E-state index in [1.54, 1.807) is 14.2 Å². The zero-order valence-electron chi connectivity index (χ0n) is 18.9. The summed E-state index contributed by atoms with van der Waals surface area (Å²) >= 11 is 0. The summed E-state index contributed by atoms with van der Waals surface area (Å²) < 4.78 is 16.8. The predicted molar refractivity (Wildman–Crippen MR) is 123 cm³/mol. The molecule has 1 atom stereocenters. The van der Waals surface area contributed by atoms with Gasteiger partial charge in [0, 0.05) is 25.9 Å². The summed E-state index contributed by atoms with van der Waals surface area (Å²) in [6.07, 6.45) is 5.10. The van der Waals surface area contributed by atoms with Crippen LogP contribution in [0, 0.1) is 0 Å². The summed E-state index contributed by atoms with van der Waals surface area (Å²) in [5.41, 5.74) is 2.49. The molecule has 0 radical (unpaired) electrons. The van der Waals surface area contributed by atoms with Gasteiger partial charge in [0.15, 0.2) is 11.5 Å². The van der Waals surface area contributed by atoms with E-state index in [1.807, 2.05) is 47.4 Å². The van der Waals surface area contributed by atoms with Crippen LogP contribution < -0.4 is 14.8 Å². The van der Waals surface area contributed by atoms with Crippen molar-refractivity contribution in [3.63, 3.8) is 0 Å². The SMILES string of the molecule is CCCCCCOc1ccc(C2Nc3ccccc3C(=O)N2CCCOC)cc1OC.